The molecule has 0 aliphatic carbocycles. The number of rotatable bonds is 7. The van der Waals surface area contributed by atoms with Gasteiger partial charge in [-0.1, -0.05) is 31.4 Å². The number of hydrogen-bond acceptors (Lipinski definition) is 5. The maximum absolute atomic E-state index is 13.1. The van der Waals surface area contributed by atoms with E-state index in [1.165, 1.54) is 31.2 Å². The van der Waals surface area contributed by atoms with Gasteiger partial charge in [0.05, 0.1) is 4.90 Å². The van der Waals surface area contributed by atoms with Crippen molar-refractivity contribution in [2.45, 2.75) is 76.8 Å². The van der Waals surface area contributed by atoms with Gasteiger partial charge in [-0.2, -0.15) is 0 Å². The number of sulfonamides is 1. The van der Waals surface area contributed by atoms with E-state index >= 15 is 0 Å². The summed E-state index contributed by atoms with van der Waals surface area (Å²) in [5.74, 6) is -0.146. The fraction of sp³-hybridized carbons (Fsp3) is 0.533. The summed E-state index contributed by atoms with van der Waals surface area (Å²) in [6, 6.07) is 12.7. The Morgan fingerprint density at radius 3 is 2.21 bits per heavy atom. The molecule has 0 unspecified atom stereocenters. The van der Waals surface area contributed by atoms with E-state index in [1.54, 1.807) is 37.3 Å². The Hall–Kier alpha value is -2.75. The third kappa shape index (κ3) is 8.37. The highest BCUT2D eigenvalue weighted by Gasteiger charge is 2.21. The average molecular weight is 557 g/mol. The molecule has 0 spiro atoms. The number of nitrogens with zero attached hydrogens (tertiary/aromatic N) is 3. The minimum absolute atomic E-state index is 0.0195. The normalized spacial score (nSPS) is 15.9. The van der Waals surface area contributed by atoms with E-state index in [4.69, 9.17) is 0 Å². The van der Waals surface area contributed by atoms with E-state index in [0.29, 0.717) is 37.7 Å². The molecule has 0 aromatic heterocycles. The van der Waals surface area contributed by atoms with Crippen molar-refractivity contribution in [3.63, 3.8) is 0 Å². The van der Waals surface area contributed by atoms with Gasteiger partial charge in [-0.05, 0) is 81.1 Å². The monoisotopic (exact) mass is 556 g/mol. The molecule has 1 N–H and O–H groups in total. The summed E-state index contributed by atoms with van der Waals surface area (Å²) >= 11 is 0. The van der Waals surface area contributed by atoms with Crippen LogP contribution in [0.15, 0.2) is 47.4 Å². The van der Waals surface area contributed by atoms with Gasteiger partial charge < -0.3 is 10.2 Å². The van der Waals surface area contributed by atoms with Gasteiger partial charge in [0.15, 0.2) is 0 Å². The van der Waals surface area contributed by atoms with Gasteiger partial charge in [0.2, 0.25) is 15.9 Å². The number of carbonyl (C=O) groups excluding carboxylic acids is 2. The van der Waals surface area contributed by atoms with Crippen molar-refractivity contribution in [3.05, 3.63) is 59.2 Å². The summed E-state index contributed by atoms with van der Waals surface area (Å²) < 4.78 is 25.7. The quantitative estimate of drug-likeness (QED) is 0.545. The Balaban J connectivity index is 1.75. The molecule has 2 aromatic carbocycles. The Morgan fingerprint density at radius 1 is 0.949 bits per heavy atom. The summed E-state index contributed by atoms with van der Waals surface area (Å²) in [5.41, 5.74) is 3.39. The lowest BCUT2D eigenvalue weighted by molar-refractivity contribution is -0.116. The number of anilines is 1. The van der Waals surface area contributed by atoms with Crippen molar-refractivity contribution in [2.75, 3.05) is 38.6 Å². The lowest BCUT2D eigenvalue weighted by atomic mass is 10.0. The lowest BCUT2D eigenvalue weighted by Gasteiger charge is -2.31. The Bertz CT molecular complexity index is 1230. The van der Waals surface area contributed by atoms with Crippen LogP contribution in [0.2, 0.25) is 0 Å². The number of hydrogen-bond donors (Lipinski definition) is 1. The van der Waals surface area contributed by atoms with E-state index in [2.05, 4.69) is 24.1 Å². The van der Waals surface area contributed by atoms with Crippen molar-refractivity contribution in [1.29, 1.82) is 0 Å². The van der Waals surface area contributed by atoms with Crippen molar-refractivity contribution in [2.24, 2.45) is 0 Å². The molecule has 0 fully saturated rings. The number of carbonyl (C=O) groups is 2. The molecule has 2 aromatic rings. The van der Waals surface area contributed by atoms with Crippen LogP contribution in [-0.2, 0) is 27.8 Å². The van der Waals surface area contributed by atoms with Gasteiger partial charge in [-0.25, -0.2) is 12.7 Å². The van der Waals surface area contributed by atoms with Crippen molar-refractivity contribution < 1.29 is 18.0 Å². The highest BCUT2D eigenvalue weighted by atomic mass is 32.2. The molecule has 0 bridgehead atoms. The van der Waals surface area contributed by atoms with Gasteiger partial charge in [-0.3, -0.25) is 14.5 Å². The molecule has 1 aliphatic rings. The molecule has 0 saturated heterocycles. The Morgan fingerprint density at radius 2 is 1.59 bits per heavy atom. The standard InChI is InChI=1S/C30H44N4O4S/c1-23(2)33-19-9-7-6-8-10-20-34(24(3)35)29-16-13-26(21-27(29)22-33)30(36)31-18-17-25-11-14-28(15-12-25)39(37,38)32(4)5/h11-16,21,23H,6-10,17-20,22H2,1-5H3,(H,31,36). The summed E-state index contributed by atoms with van der Waals surface area (Å²) in [6.07, 6.45) is 6.17. The molecule has 39 heavy (non-hydrogen) atoms. The fourth-order valence-corrected chi connectivity index (χ4v) is 5.78. The van der Waals surface area contributed by atoms with Crippen LogP contribution in [0, 0.1) is 0 Å². The zero-order valence-electron chi connectivity index (χ0n) is 24.1. The van der Waals surface area contributed by atoms with E-state index in [9.17, 15) is 18.0 Å². The van der Waals surface area contributed by atoms with E-state index in [0.717, 1.165) is 42.6 Å². The first-order valence-electron chi connectivity index (χ1n) is 14.0. The Labute approximate surface area is 234 Å². The average Bonchev–Trinajstić information content (AvgIpc) is 2.88. The predicted molar refractivity (Wildman–Crippen MR) is 156 cm³/mol. The number of fused-ring (bicyclic) bond motifs is 1. The molecule has 0 atom stereocenters. The third-order valence-electron chi connectivity index (χ3n) is 7.34. The zero-order chi connectivity index (χ0) is 28.6. The van der Waals surface area contributed by atoms with Gasteiger partial charge in [-0.15, -0.1) is 0 Å². The second kappa shape index (κ2) is 14.1. The molecule has 2 amide bonds. The molecular weight excluding hydrogens is 512 g/mol. The fourth-order valence-electron chi connectivity index (χ4n) is 4.88. The molecule has 9 heteroatoms. The minimum Gasteiger partial charge on any atom is -0.352 e. The van der Waals surface area contributed by atoms with Crippen LogP contribution in [0.1, 0.15) is 74.4 Å². The van der Waals surface area contributed by atoms with Crippen LogP contribution < -0.4 is 10.2 Å². The van der Waals surface area contributed by atoms with E-state index in [-0.39, 0.29) is 16.7 Å². The van der Waals surface area contributed by atoms with Gasteiger partial charge >= 0.3 is 0 Å². The van der Waals surface area contributed by atoms with Gasteiger partial charge in [0, 0.05) is 57.9 Å². The largest absolute Gasteiger partial charge is 0.352 e. The molecular formula is C30H44N4O4S. The van der Waals surface area contributed by atoms with Crippen LogP contribution in [0.3, 0.4) is 0 Å². The Kier molecular flexibility index (Phi) is 11.1. The smallest absolute Gasteiger partial charge is 0.251 e. The van der Waals surface area contributed by atoms with Crippen LogP contribution in [0.4, 0.5) is 5.69 Å². The molecule has 1 heterocycles. The second-order valence-corrected chi connectivity index (χ2v) is 12.9. The molecule has 8 nitrogen and oxygen atoms in total. The summed E-state index contributed by atoms with van der Waals surface area (Å²) in [7, 11) is -0.455. The lowest BCUT2D eigenvalue weighted by Crippen LogP contribution is -2.35. The first-order valence-corrected chi connectivity index (χ1v) is 15.4. The molecule has 214 valence electrons. The van der Waals surface area contributed by atoms with Crippen LogP contribution in [0.5, 0.6) is 0 Å². The molecule has 3 rings (SSSR count). The van der Waals surface area contributed by atoms with Crippen LogP contribution in [-0.4, -0.2) is 69.2 Å². The number of amides is 2. The predicted octanol–water partition coefficient (Wildman–Crippen LogP) is 4.44. The maximum atomic E-state index is 13.1. The highest BCUT2D eigenvalue weighted by molar-refractivity contribution is 7.89. The molecule has 0 radical (unpaired) electrons. The second-order valence-electron chi connectivity index (χ2n) is 10.8. The maximum Gasteiger partial charge on any atom is 0.251 e. The van der Waals surface area contributed by atoms with Crippen molar-refractivity contribution in [1.82, 2.24) is 14.5 Å². The minimum atomic E-state index is -3.47. The molecule has 0 saturated carbocycles. The van der Waals surface area contributed by atoms with Gasteiger partial charge in [0.25, 0.3) is 5.91 Å². The first-order chi connectivity index (χ1) is 18.5. The summed E-state index contributed by atoms with van der Waals surface area (Å²) in [5, 5.41) is 2.99. The topological polar surface area (TPSA) is 90.0 Å². The summed E-state index contributed by atoms with van der Waals surface area (Å²) in [4.78, 5) is 30.2. The summed E-state index contributed by atoms with van der Waals surface area (Å²) in [6.45, 7) is 8.76. The van der Waals surface area contributed by atoms with Gasteiger partial charge in [0.1, 0.15) is 0 Å². The van der Waals surface area contributed by atoms with Crippen LogP contribution >= 0.6 is 0 Å². The molecule has 1 aliphatic heterocycles. The van der Waals surface area contributed by atoms with Crippen molar-refractivity contribution in [3.8, 4) is 0 Å². The third-order valence-corrected chi connectivity index (χ3v) is 9.17. The first kappa shape index (κ1) is 30.8. The van der Waals surface area contributed by atoms with E-state index in [1.807, 2.05) is 17.0 Å². The highest BCUT2D eigenvalue weighted by Crippen LogP contribution is 2.27. The van der Waals surface area contributed by atoms with Crippen LogP contribution in [0.25, 0.3) is 0 Å². The van der Waals surface area contributed by atoms with E-state index < -0.39 is 10.0 Å². The van der Waals surface area contributed by atoms with Crippen molar-refractivity contribution >= 4 is 27.5 Å². The SMILES string of the molecule is CC(=O)N1CCCCCCCN(C(C)C)Cc2cc(C(=O)NCCc3ccc(S(=O)(=O)N(C)C)cc3)ccc21. The number of benzene rings is 2. The number of nitrogens with one attached hydrogen (secondary N) is 1. The zero-order valence-corrected chi connectivity index (χ0v) is 24.9.